The minimum absolute atomic E-state index is 0.0999. The van der Waals surface area contributed by atoms with Gasteiger partial charge in [0.1, 0.15) is 5.82 Å². The van der Waals surface area contributed by atoms with Crippen LogP contribution in [0.4, 0.5) is 16.0 Å². The van der Waals surface area contributed by atoms with Gasteiger partial charge in [0.15, 0.2) is 0 Å². The topological polar surface area (TPSA) is 51.0 Å². The molecule has 5 rings (SSSR count). The molecule has 0 radical (unpaired) electrons. The lowest BCUT2D eigenvalue weighted by molar-refractivity contribution is 0.624. The molecular weight excluding hydrogens is 379 g/mol. The number of hydrogen-bond donors (Lipinski definition) is 0. The third-order valence-electron chi connectivity index (χ3n) is 5.33. The smallest absolute Gasteiger partial charge is 0.255 e. The number of para-hydroxylation sites is 1. The second-order valence-electron chi connectivity index (χ2n) is 7.26. The molecule has 0 fully saturated rings. The van der Waals surface area contributed by atoms with E-state index >= 15 is 0 Å². The Bertz CT molecular complexity index is 1270. The van der Waals surface area contributed by atoms with Gasteiger partial charge in [-0.25, -0.2) is 9.37 Å². The Morgan fingerprint density at radius 2 is 1.80 bits per heavy atom. The van der Waals surface area contributed by atoms with Gasteiger partial charge in [0, 0.05) is 36.3 Å². The van der Waals surface area contributed by atoms with Gasteiger partial charge in [0.05, 0.1) is 12.2 Å². The fraction of sp³-hybridized carbons (Fsp3) is 0.125. The number of aromatic nitrogens is 3. The quantitative estimate of drug-likeness (QED) is 0.517. The highest BCUT2D eigenvalue weighted by Crippen LogP contribution is 2.33. The summed E-state index contributed by atoms with van der Waals surface area (Å²) in [5.74, 6) is 0.352. The second kappa shape index (κ2) is 7.55. The van der Waals surface area contributed by atoms with Gasteiger partial charge in [-0.15, -0.1) is 0 Å². The van der Waals surface area contributed by atoms with Gasteiger partial charge in [0.25, 0.3) is 5.56 Å². The van der Waals surface area contributed by atoms with E-state index < -0.39 is 0 Å². The average Bonchev–Trinajstić information content (AvgIpc) is 2.78. The summed E-state index contributed by atoms with van der Waals surface area (Å²) in [6.07, 6.45) is 4.00. The predicted octanol–water partition coefficient (Wildman–Crippen LogP) is 4.19. The molecule has 30 heavy (non-hydrogen) atoms. The summed E-state index contributed by atoms with van der Waals surface area (Å²) in [5, 5.41) is 0. The molecule has 0 atom stereocenters. The molecule has 0 amide bonds. The van der Waals surface area contributed by atoms with E-state index in [1.165, 1.54) is 6.07 Å². The van der Waals surface area contributed by atoms with Crippen LogP contribution in [-0.4, -0.2) is 21.1 Å². The minimum Gasteiger partial charge on any atom is -0.311 e. The summed E-state index contributed by atoms with van der Waals surface area (Å²) in [5.41, 5.74) is 4.34. The highest BCUT2D eigenvalue weighted by atomic mass is 19.1. The summed E-state index contributed by atoms with van der Waals surface area (Å²) >= 11 is 0. The summed E-state index contributed by atoms with van der Waals surface area (Å²) in [7, 11) is 0. The Kier molecular flexibility index (Phi) is 4.59. The van der Waals surface area contributed by atoms with Crippen molar-refractivity contribution in [3.63, 3.8) is 0 Å². The Labute approximate surface area is 173 Å². The first-order valence-electron chi connectivity index (χ1n) is 9.81. The van der Waals surface area contributed by atoms with Crippen molar-refractivity contribution < 1.29 is 4.39 Å². The number of halogens is 1. The van der Waals surface area contributed by atoms with E-state index in [1.54, 1.807) is 35.2 Å². The van der Waals surface area contributed by atoms with E-state index in [4.69, 9.17) is 4.98 Å². The number of pyridine rings is 1. The van der Waals surface area contributed by atoms with Gasteiger partial charge >= 0.3 is 0 Å². The second-order valence-corrected chi connectivity index (χ2v) is 7.26. The Morgan fingerprint density at radius 3 is 2.63 bits per heavy atom. The summed E-state index contributed by atoms with van der Waals surface area (Å²) < 4.78 is 15.3. The monoisotopic (exact) mass is 398 g/mol. The van der Waals surface area contributed by atoms with Crippen molar-refractivity contribution >= 4 is 11.6 Å². The van der Waals surface area contributed by atoms with E-state index in [1.807, 2.05) is 42.5 Å². The van der Waals surface area contributed by atoms with Gasteiger partial charge in [-0.05, 0) is 47.9 Å². The molecule has 2 aromatic heterocycles. The summed E-state index contributed by atoms with van der Waals surface area (Å²) in [4.78, 5) is 23.9. The van der Waals surface area contributed by atoms with Crippen LogP contribution in [0.15, 0.2) is 83.9 Å². The van der Waals surface area contributed by atoms with Gasteiger partial charge in [-0.1, -0.05) is 30.3 Å². The highest BCUT2D eigenvalue weighted by molar-refractivity contribution is 5.68. The van der Waals surface area contributed by atoms with Crippen molar-refractivity contribution in [2.45, 2.75) is 13.0 Å². The van der Waals surface area contributed by atoms with Gasteiger partial charge < -0.3 is 4.90 Å². The van der Waals surface area contributed by atoms with Crippen molar-refractivity contribution in [2.75, 3.05) is 11.4 Å². The van der Waals surface area contributed by atoms with Gasteiger partial charge in [0.2, 0.25) is 5.95 Å². The predicted molar refractivity (Wildman–Crippen MR) is 114 cm³/mol. The van der Waals surface area contributed by atoms with Crippen molar-refractivity contribution in [3.8, 4) is 11.3 Å². The number of rotatable bonds is 4. The van der Waals surface area contributed by atoms with Crippen LogP contribution in [0.5, 0.6) is 0 Å². The molecule has 148 valence electrons. The van der Waals surface area contributed by atoms with Gasteiger partial charge in [-0.2, -0.15) is 0 Å². The Morgan fingerprint density at radius 1 is 0.967 bits per heavy atom. The maximum atomic E-state index is 13.6. The normalized spacial score (nSPS) is 12.4. The molecule has 2 aromatic carbocycles. The number of anilines is 2. The lowest BCUT2D eigenvalue weighted by atomic mass is 10.1. The van der Waals surface area contributed by atoms with E-state index in [-0.39, 0.29) is 11.4 Å². The van der Waals surface area contributed by atoms with Gasteiger partial charge in [-0.3, -0.25) is 14.3 Å². The fourth-order valence-corrected chi connectivity index (χ4v) is 3.86. The van der Waals surface area contributed by atoms with Crippen LogP contribution in [0.1, 0.15) is 11.1 Å². The maximum Gasteiger partial charge on any atom is 0.255 e. The standard InChI is InChI=1S/C24H19FN4O/c25-20-6-3-4-17(14-20)10-13-28-22-7-2-1-5-19(22)16-29-23(30)15-21(27-24(28)29)18-8-11-26-12-9-18/h1-9,11-12,14-15H,10,13,16H2. The van der Waals surface area contributed by atoms with E-state index in [0.717, 1.165) is 22.4 Å². The van der Waals surface area contributed by atoms with Crippen LogP contribution in [0.3, 0.4) is 0 Å². The molecule has 1 aliphatic heterocycles. The summed E-state index contributed by atoms with van der Waals surface area (Å²) in [6.45, 7) is 1.05. The van der Waals surface area contributed by atoms with Crippen LogP contribution in [0, 0.1) is 5.82 Å². The number of nitrogens with zero attached hydrogens (tertiary/aromatic N) is 4. The van der Waals surface area contributed by atoms with Crippen molar-refractivity contribution in [1.29, 1.82) is 0 Å². The van der Waals surface area contributed by atoms with Crippen molar-refractivity contribution in [2.24, 2.45) is 0 Å². The summed E-state index contributed by atoms with van der Waals surface area (Å²) in [6, 6.07) is 19.9. The maximum absolute atomic E-state index is 13.6. The Hall–Kier alpha value is -3.80. The van der Waals surface area contributed by atoms with Crippen molar-refractivity contribution in [1.82, 2.24) is 14.5 Å². The zero-order valence-corrected chi connectivity index (χ0v) is 16.2. The highest BCUT2D eigenvalue weighted by Gasteiger charge is 2.25. The van der Waals surface area contributed by atoms with Crippen LogP contribution >= 0.6 is 0 Å². The lowest BCUT2D eigenvalue weighted by Crippen LogP contribution is -2.35. The van der Waals surface area contributed by atoms with E-state index in [0.29, 0.717) is 31.2 Å². The van der Waals surface area contributed by atoms with Crippen LogP contribution in [-0.2, 0) is 13.0 Å². The lowest BCUT2D eigenvalue weighted by Gasteiger charge is -2.33. The van der Waals surface area contributed by atoms with Crippen molar-refractivity contribution in [3.05, 3.63) is 106 Å². The SMILES string of the molecule is O=c1cc(-c2ccncc2)nc2n1Cc1ccccc1N2CCc1cccc(F)c1. The number of hydrogen-bond acceptors (Lipinski definition) is 4. The molecule has 0 unspecified atom stereocenters. The largest absolute Gasteiger partial charge is 0.311 e. The third-order valence-corrected chi connectivity index (χ3v) is 5.33. The fourth-order valence-electron chi connectivity index (χ4n) is 3.86. The van der Waals surface area contributed by atoms with E-state index in [2.05, 4.69) is 9.88 Å². The van der Waals surface area contributed by atoms with Crippen LogP contribution in [0.2, 0.25) is 0 Å². The molecule has 0 saturated heterocycles. The molecule has 0 saturated carbocycles. The molecule has 0 bridgehead atoms. The molecule has 6 heteroatoms. The first-order chi connectivity index (χ1) is 14.7. The Balaban J connectivity index is 1.59. The third kappa shape index (κ3) is 3.37. The molecular formula is C24H19FN4O. The van der Waals surface area contributed by atoms with Crippen LogP contribution < -0.4 is 10.5 Å². The molecule has 3 heterocycles. The molecule has 4 aromatic rings. The zero-order valence-electron chi connectivity index (χ0n) is 16.2. The molecule has 0 spiro atoms. The average molecular weight is 398 g/mol. The molecule has 0 N–H and O–H groups in total. The number of fused-ring (bicyclic) bond motifs is 2. The zero-order chi connectivity index (χ0) is 20.5. The molecule has 1 aliphatic rings. The molecule has 5 nitrogen and oxygen atoms in total. The number of benzene rings is 2. The molecule has 0 aliphatic carbocycles. The minimum atomic E-state index is -0.249. The van der Waals surface area contributed by atoms with Crippen LogP contribution in [0.25, 0.3) is 11.3 Å². The first-order valence-corrected chi connectivity index (χ1v) is 9.81. The first kappa shape index (κ1) is 18.2. The van der Waals surface area contributed by atoms with E-state index in [9.17, 15) is 9.18 Å².